The van der Waals surface area contributed by atoms with Crippen molar-refractivity contribution in [3.8, 4) is 23.3 Å². The zero-order valence-electron chi connectivity index (χ0n) is 36.7. The number of benzene rings is 2. The molecular weight excluding hydrogens is 840 g/mol. The van der Waals surface area contributed by atoms with Crippen LogP contribution < -0.4 is 29.7 Å². The molecule has 5 amide bonds. The zero-order chi connectivity index (χ0) is 45.2. The zero-order valence-corrected chi connectivity index (χ0v) is 37.4. The normalized spacial score (nSPS) is 23.8. The fourth-order valence-electron chi connectivity index (χ4n) is 9.51. The molecule has 2 N–H and O–H groups in total. The third-order valence-electron chi connectivity index (χ3n) is 13.0. The molecule has 8 rings (SSSR count). The lowest BCUT2D eigenvalue weighted by atomic mass is 9.85. The molecule has 3 aromatic rings. The van der Waals surface area contributed by atoms with Gasteiger partial charge in [-0.15, -0.1) is 0 Å². The summed E-state index contributed by atoms with van der Waals surface area (Å²) in [7, 11) is 0. The number of amides is 5. The van der Waals surface area contributed by atoms with Crippen LogP contribution in [0.25, 0.3) is 0 Å². The number of anilines is 1. The topological polar surface area (TPSA) is 196 Å². The van der Waals surface area contributed by atoms with E-state index in [1.165, 1.54) is 0 Å². The van der Waals surface area contributed by atoms with Gasteiger partial charge in [-0.05, 0) is 96.8 Å². The molecule has 0 bridgehead atoms. The molecule has 1 atom stereocenters. The molecule has 0 unspecified atom stereocenters. The van der Waals surface area contributed by atoms with Gasteiger partial charge in [0.15, 0.2) is 0 Å². The number of fused-ring (bicyclic) bond motifs is 1. The second kappa shape index (κ2) is 19.1. The van der Waals surface area contributed by atoms with Crippen LogP contribution in [0.4, 0.5) is 5.82 Å². The highest BCUT2D eigenvalue weighted by Gasteiger charge is 2.47. The fraction of sp³-hybridized carbons (Fsp3) is 0.532. The third-order valence-corrected chi connectivity index (χ3v) is 13.3. The molecule has 2 aromatic carbocycles. The van der Waals surface area contributed by atoms with Gasteiger partial charge in [0.25, 0.3) is 17.7 Å². The van der Waals surface area contributed by atoms with Crippen LogP contribution in [-0.2, 0) is 9.59 Å². The highest BCUT2D eigenvalue weighted by atomic mass is 35.5. The molecule has 4 heterocycles. The molecule has 338 valence electrons. The first-order chi connectivity index (χ1) is 30.7. The van der Waals surface area contributed by atoms with Gasteiger partial charge >= 0.3 is 0 Å². The lowest BCUT2D eigenvalue weighted by Gasteiger charge is -2.46. The summed E-state index contributed by atoms with van der Waals surface area (Å²) in [5.74, 6) is 0.0255. The SMILES string of the molecule is CC(C)Oc1cc(OC2CC(N(CC3CCN(c4cnc(C(=O)NC5CCC(Oc6ccc(C#N)c(Cl)c6)CC5)cn4)CC3)C(C)C)C2)cc2c1C(=O)N([C@@H]1CCC(=O)NC1=O)C2=O. The molecule has 16 nitrogen and oxygen atoms in total. The Balaban J connectivity index is 0.792. The number of nitrogens with zero attached hydrogens (tertiary/aromatic N) is 6. The molecule has 17 heteroatoms. The van der Waals surface area contributed by atoms with Crippen molar-refractivity contribution in [2.24, 2.45) is 5.92 Å². The van der Waals surface area contributed by atoms with Gasteiger partial charge in [-0.25, -0.2) is 9.97 Å². The first-order valence-corrected chi connectivity index (χ1v) is 22.8. The minimum absolute atomic E-state index is 0.0101. The van der Waals surface area contributed by atoms with Gasteiger partial charge in [-0.1, -0.05) is 11.6 Å². The molecule has 5 aliphatic rings. The van der Waals surface area contributed by atoms with E-state index in [4.69, 9.17) is 31.1 Å². The van der Waals surface area contributed by atoms with E-state index in [2.05, 4.69) is 50.3 Å². The molecule has 1 aromatic heterocycles. The van der Waals surface area contributed by atoms with Crippen molar-refractivity contribution in [2.75, 3.05) is 24.5 Å². The number of carbonyl (C=O) groups excluding carboxylic acids is 5. The van der Waals surface area contributed by atoms with Gasteiger partial charge < -0.3 is 24.4 Å². The van der Waals surface area contributed by atoms with E-state index in [1.54, 1.807) is 42.7 Å². The third kappa shape index (κ3) is 9.80. The Morgan fingerprint density at radius 3 is 2.30 bits per heavy atom. The lowest BCUT2D eigenvalue weighted by molar-refractivity contribution is -0.136. The number of halogens is 1. The Kier molecular flexibility index (Phi) is 13.4. The van der Waals surface area contributed by atoms with Gasteiger partial charge in [0.2, 0.25) is 11.8 Å². The second-order valence-corrected chi connectivity index (χ2v) is 18.5. The van der Waals surface area contributed by atoms with Crippen LogP contribution in [0, 0.1) is 17.2 Å². The fourth-order valence-corrected chi connectivity index (χ4v) is 9.72. The maximum absolute atomic E-state index is 13.6. The summed E-state index contributed by atoms with van der Waals surface area (Å²) in [5.41, 5.74) is 0.943. The number of aromatic nitrogens is 2. The van der Waals surface area contributed by atoms with E-state index in [-0.39, 0.29) is 60.0 Å². The average molecular weight is 895 g/mol. The van der Waals surface area contributed by atoms with Crippen LogP contribution in [-0.4, -0.2) is 111 Å². The first-order valence-electron chi connectivity index (χ1n) is 22.5. The Hall–Kier alpha value is -5.79. The Bertz CT molecular complexity index is 2310. The number of imide groups is 2. The van der Waals surface area contributed by atoms with E-state index in [1.807, 2.05) is 13.8 Å². The summed E-state index contributed by atoms with van der Waals surface area (Å²) in [6, 6.07) is 9.98. The summed E-state index contributed by atoms with van der Waals surface area (Å²) in [5, 5.41) is 14.8. The van der Waals surface area contributed by atoms with Crippen LogP contribution in [0.15, 0.2) is 42.7 Å². The van der Waals surface area contributed by atoms with Gasteiger partial charge in [0, 0.05) is 69.2 Å². The summed E-state index contributed by atoms with van der Waals surface area (Å²) in [6.07, 6.45) is 9.74. The number of hydrogen-bond acceptors (Lipinski definition) is 13. The van der Waals surface area contributed by atoms with Crippen LogP contribution in [0.1, 0.15) is 129 Å². The highest BCUT2D eigenvalue weighted by Crippen LogP contribution is 2.40. The van der Waals surface area contributed by atoms with Gasteiger partial charge in [0.05, 0.1) is 46.3 Å². The van der Waals surface area contributed by atoms with Crippen molar-refractivity contribution in [3.63, 3.8) is 0 Å². The number of nitriles is 1. The summed E-state index contributed by atoms with van der Waals surface area (Å²) in [4.78, 5) is 79.6. The lowest BCUT2D eigenvalue weighted by Crippen LogP contribution is -2.54. The Morgan fingerprint density at radius 2 is 1.66 bits per heavy atom. The second-order valence-electron chi connectivity index (χ2n) is 18.1. The van der Waals surface area contributed by atoms with Crippen molar-refractivity contribution < 1.29 is 38.2 Å². The first kappa shape index (κ1) is 44.8. The molecule has 0 radical (unpaired) electrons. The van der Waals surface area contributed by atoms with E-state index >= 15 is 0 Å². The van der Waals surface area contributed by atoms with Crippen molar-refractivity contribution in [1.82, 2.24) is 30.4 Å². The molecule has 2 saturated heterocycles. The number of ether oxygens (including phenoxy) is 3. The number of nitrogens with one attached hydrogen (secondary N) is 2. The van der Waals surface area contributed by atoms with E-state index in [9.17, 15) is 24.0 Å². The minimum Gasteiger partial charge on any atom is -0.490 e. The standard InChI is InChI=1S/C47H55ClN8O8/c1-26(2)55(31-17-34(18-31)64-35-19-36-43(40(21-35)62-27(3)4)47(61)56(46(36)60)39-11-12-42(57)53-45(39)59)25-28-13-15-54(16-14-28)41-24-50-38(23-51-41)44(58)52-30-6-9-32(10-7-30)63-33-8-5-29(22-49)37(48)20-33/h5,8,19-21,23-24,26-28,30-32,34,39H,6-7,9-18,25H2,1-4H3,(H,52,58)(H,53,57,59)/t30?,31?,32?,34?,39-/m1/s1. The average Bonchev–Trinajstić information content (AvgIpc) is 3.50. The van der Waals surface area contributed by atoms with Crippen LogP contribution >= 0.6 is 11.6 Å². The van der Waals surface area contributed by atoms with Crippen molar-refractivity contribution in [3.05, 3.63) is 70.1 Å². The molecule has 4 fully saturated rings. The van der Waals surface area contributed by atoms with Gasteiger partial charge in [-0.2, -0.15) is 5.26 Å². The van der Waals surface area contributed by atoms with Crippen molar-refractivity contribution >= 4 is 47.0 Å². The molecule has 2 aliphatic carbocycles. The molecule has 0 spiro atoms. The minimum atomic E-state index is -1.07. The van der Waals surface area contributed by atoms with E-state index in [0.29, 0.717) is 45.8 Å². The largest absolute Gasteiger partial charge is 0.490 e. The Morgan fingerprint density at radius 1 is 0.922 bits per heavy atom. The maximum Gasteiger partial charge on any atom is 0.271 e. The smallest absolute Gasteiger partial charge is 0.271 e. The van der Waals surface area contributed by atoms with Gasteiger partial charge in [-0.3, -0.25) is 39.1 Å². The van der Waals surface area contributed by atoms with Crippen LogP contribution in [0.3, 0.4) is 0 Å². The number of rotatable bonds is 14. The summed E-state index contributed by atoms with van der Waals surface area (Å²) < 4.78 is 18.5. The predicted molar refractivity (Wildman–Crippen MR) is 235 cm³/mol. The quantitative estimate of drug-likeness (QED) is 0.183. The molecular formula is C47H55ClN8O8. The molecule has 2 saturated carbocycles. The van der Waals surface area contributed by atoms with Gasteiger partial charge in [0.1, 0.15) is 47.0 Å². The van der Waals surface area contributed by atoms with Crippen LogP contribution in [0.5, 0.6) is 17.2 Å². The van der Waals surface area contributed by atoms with E-state index in [0.717, 1.165) is 81.7 Å². The molecule has 3 aliphatic heterocycles. The number of hydrogen-bond donors (Lipinski definition) is 2. The number of piperidine rings is 2. The molecule has 64 heavy (non-hydrogen) atoms. The Labute approximate surface area is 377 Å². The van der Waals surface area contributed by atoms with Crippen LogP contribution in [0.2, 0.25) is 5.02 Å². The van der Waals surface area contributed by atoms with E-state index < -0.39 is 29.7 Å². The van der Waals surface area contributed by atoms with Crippen molar-refractivity contribution in [1.29, 1.82) is 5.26 Å². The highest BCUT2D eigenvalue weighted by molar-refractivity contribution is 6.31. The van der Waals surface area contributed by atoms with Crippen molar-refractivity contribution in [2.45, 2.75) is 134 Å². The summed E-state index contributed by atoms with van der Waals surface area (Å²) >= 11 is 6.16. The number of carbonyl (C=O) groups is 5. The maximum atomic E-state index is 13.6. The monoisotopic (exact) mass is 894 g/mol. The summed E-state index contributed by atoms with van der Waals surface area (Å²) in [6.45, 7) is 10.8. The predicted octanol–water partition coefficient (Wildman–Crippen LogP) is 5.85.